The Hall–Kier alpha value is -1.45. The highest BCUT2D eigenvalue weighted by atomic mass is 16.1. The number of H-pyrrole nitrogens is 1. The number of allylic oxidation sites excluding steroid dienone is 1. The largest absolute Gasteiger partial charge is 0.295 e. The van der Waals surface area contributed by atoms with Gasteiger partial charge in [0.1, 0.15) is 5.69 Å². The van der Waals surface area contributed by atoms with E-state index in [-0.39, 0.29) is 5.78 Å². The maximum Gasteiger partial charge on any atom is 0.152 e. The summed E-state index contributed by atoms with van der Waals surface area (Å²) in [5.74, 6) is 0.00278. The van der Waals surface area contributed by atoms with Crippen molar-refractivity contribution >= 4 is 11.9 Å². The molecule has 0 bridgehead atoms. The van der Waals surface area contributed by atoms with E-state index in [1.807, 2.05) is 0 Å². The number of rotatable bonds is 2. The highest BCUT2D eigenvalue weighted by Gasteiger charge is 1.87. The van der Waals surface area contributed by atoms with Crippen LogP contribution in [-0.4, -0.2) is 21.2 Å². The number of nitrogens with one attached hydrogen (secondary N) is 1. The molecule has 0 spiro atoms. The Morgan fingerprint density at radius 3 is 3.10 bits per heavy atom. The van der Waals surface area contributed by atoms with Crippen LogP contribution in [-0.2, 0) is 4.79 Å². The van der Waals surface area contributed by atoms with E-state index < -0.39 is 0 Å². The topological polar surface area (TPSA) is 58.6 Å². The zero-order valence-corrected chi connectivity index (χ0v) is 5.53. The first kappa shape index (κ1) is 6.67. The van der Waals surface area contributed by atoms with Gasteiger partial charge in [0.2, 0.25) is 0 Å². The molecule has 0 unspecified atom stereocenters. The molecule has 10 heavy (non-hydrogen) atoms. The molecule has 1 aromatic rings. The van der Waals surface area contributed by atoms with E-state index >= 15 is 0 Å². The number of ketones is 1. The molecule has 0 aromatic carbocycles. The van der Waals surface area contributed by atoms with Crippen molar-refractivity contribution in [3.63, 3.8) is 0 Å². The van der Waals surface area contributed by atoms with Crippen LogP contribution in [0.3, 0.4) is 0 Å². The highest BCUT2D eigenvalue weighted by molar-refractivity contribution is 5.91. The minimum atomic E-state index is 0.00278. The van der Waals surface area contributed by atoms with Crippen LogP contribution in [0.4, 0.5) is 0 Å². The second kappa shape index (κ2) is 2.91. The fraction of sp³-hybridized carbons (Fsp3) is 0.167. The predicted octanol–water partition coefficient (Wildman–Crippen LogP) is 0.407. The van der Waals surface area contributed by atoms with Gasteiger partial charge in [-0.25, -0.2) is 0 Å². The number of nitrogens with zero attached hydrogens (tertiary/aromatic N) is 2. The molecule has 0 aliphatic carbocycles. The molecule has 0 radical (unpaired) electrons. The van der Waals surface area contributed by atoms with Gasteiger partial charge in [0.05, 0.1) is 6.20 Å². The smallest absolute Gasteiger partial charge is 0.152 e. The average Bonchev–Trinajstić information content (AvgIpc) is 2.34. The second-order valence-corrected chi connectivity index (χ2v) is 1.84. The Bertz CT molecular complexity index is 238. The summed E-state index contributed by atoms with van der Waals surface area (Å²) in [6.45, 7) is 1.48. The summed E-state index contributed by atoms with van der Waals surface area (Å²) in [7, 11) is 0. The van der Waals surface area contributed by atoms with E-state index in [0.29, 0.717) is 5.69 Å². The first-order valence-corrected chi connectivity index (χ1v) is 2.83. The van der Waals surface area contributed by atoms with Gasteiger partial charge in [0.25, 0.3) is 0 Å². The standard InChI is InChI=1S/C6H7N3O/c1-5(10)2-3-6-4-7-9-8-6/h2-4H,1H3,(H,7,8,9)/b3-2+. The molecule has 0 saturated carbocycles. The molecular weight excluding hydrogens is 130 g/mol. The third-order valence-electron chi connectivity index (χ3n) is 0.922. The quantitative estimate of drug-likeness (QED) is 0.600. The van der Waals surface area contributed by atoms with E-state index in [1.165, 1.54) is 13.0 Å². The highest BCUT2D eigenvalue weighted by Crippen LogP contribution is 1.91. The maximum absolute atomic E-state index is 10.4. The molecular formula is C6H7N3O. The molecule has 0 saturated heterocycles. The first-order valence-electron chi connectivity index (χ1n) is 2.83. The van der Waals surface area contributed by atoms with Gasteiger partial charge in [-0.1, -0.05) is 0 Å². The van der Waals surface area contributed by atoms with Gasteiger partial charge >= 0.3 is 0 Å². The molecule has 52 valence electrons. The van der Waals surface area contributed by atoms with E-state index in [1.54, 1.807) is 12.3 Å². The lowest BCUT2D eigenvalue weighted by atomic mass is 10.3. The molecule has 1 heterocycles. The van der Waals surface area contributed by atoms with E-state index in [0.717, 1.165) is 0 Å². The minimum Gasteiger partial charge on any atom is -0.295 e. The Kier molecular flexibility index (Phi) is 1.94. The van der Waals surface area contributed by atoms with Crippen LogP contribution >= 0.6 is 0 Å². The van der Waals surface area contributed by atoms with E-state index in [9.17, 15) is 4.79 Å². The second-order valence-electron chi connectivity index (χ2n) is 1.84. The Morgan fingerprint density at radius 1 is 1.80 bits per heavy atom. The van der Waals surface area contributed by atoms with Crippen LogP contribution in [0.5, 0.6) is 0 Å². The predicted molar refractivity (Wildman–Crippen MR) is 36.1 cm³/mol. The van der Waals surface area contributed by atoms with Crippen LogP contribution in [0.1, 0.15) is 12.6 Å². The third kappa shape index (κ3) is 1.81. The van der Waals surface area contributed by atoms with Crippen molar-refractivity contribution in [2.75, 3.05) is 0 Å². The van der Waals surface area contributed by atoms with E-state index in [2.05, 4.69) is 15.4 Å². The van der Waals surface area contributed by atoms with Crippen molar-refractivity contribution in [1.82, 2.24) is 15.4 Å². The van der Waals surface area contributed by atoms with Crippen LogP contribution in [0.15, 0.2) is 12.3 Å². The molecule has 4 heteroatoms. The lowest BCUT2D eigenvalue weighted by Crippen LogP contribution is -1.79. The molecule has 0 fully saturated rings. The molecule has 0 aliphatic heterocycles. The van der Waals surface area contributed by atoms with Crippen LogP contribution < -0.4 is 0 Å². The molecule has 4 nitrogen and oxygen atoms in total. The van der Waals surface area contributed by atoms with Gasteiger partial charge in [-0.05, 0) is 19.1 Å². The van der Waals surface area contributed by atoms with Crippen LogP contribution in [0.25, 0.3) is 6.08 Å². The van der Waals surface area contributed by atoms with Crippen molar-refractivity contribution in [1.29, 1.82) is 0 Å². The zero-order chi connectivity index (χ0) is 7.40. The lowest BCUT2D eigenvalue weighted by molar-refractivity contribution is -0.112. The minimum absolute atomic E-state index is 0.00278. The number of carbonyl (C=O) groups excluding carboxylic acids is 1. The average molecular weight is 137 g/mol. The van der Waals surface area contributed by atoms with Crippen molar-refractivity contribution in [2.45, 2.75) is 6.92 Å². The summed E-state index contributed by atoms with van der Waals surface area (Å²) < 4.78 is 0. The third-order valence-corrected chi connectivity index (χ3v) is 0.922. The fourth-order valence-electron chi connectivity index (χ4n) is 0.494. The molecule has 0 atom stereocenters. The van der Waals surface area contributed by atoms with Crippen molar-refractivity contribution in [2.24, 2.45) is 0 Å². The van der Waals surface area contributed by atoms with Gasteiger partial charge in [0, 0.05) is 0 Å². The van der Waals surface area contributed by atoms with Crippen LogP contribution in [0.2, 0.25) is 0 Å². The Labute approximate surface area is 57.9 Å². The molecule has 1 N–H and O–H groups in total. The van der Waals surface area contributed by atoms with Crippen molar-refractivity contribution in [3.8, 4) is 0 Å². The molecule has 0 amide bonds. The van der Waals surface area contributed by atoms with Gasteiger partial charge in [-0.3, -0.25) is 4.79 Å². The maximum atomic E-state index is 10.4. The van der Waals surface area contributed by atoms with Crippen molar-refractivity contribution in [3.05, 3.63) is 18.0 Å². The first-order chi connectivity index (χ1) is 4.79. The van der Waals surface area contributed by atoms with Gasteiger partial charge in [-0.2, -0.15) is 15.4 Å². The number of aromatic amines is 1. The summed E-state index contributed by atoms with van der Waals surface area (Å²) in [6.07, 6.45) is 4.59. The van der Waals surface area contributed by atoms with E-state index in [4.69, 9.17) is 0 Å². The Morgan fingerprint density at radius 2 is 2.60 bits per heavy atom. The van der Waals surface area contributed by atoms with Gasteiger partial charge in [-0.15, -0.1) is 0 Å². The van der Waals surface area contributed by atoms with Gasteiger partial charge < -0.3 is 0 Å². The van der Waals surface area contributed by atoms with Crippen LogP contribution in [0, 0.1) is 0 Å². The SMILES string of the molecule is CC(=O)/C=C/c1cn[nH]n1. The molecule has 1 aromatic heterocycles. The summed E-state index contributed by atoms with van der Waals surface area (Å²) in [5.41, 5.74) is 0.662. The lowest BCUT2D eigenvalue weighted by Gasteiger charge is -1.76. The monoisotopic (exact) mass is 137 g/mol. The number of hydrogen-bond acceptors (Lipinski definition) is 3. The normalized spacial score (nSPS) is 10.5. The summed E-state index contributed by atoms with van der Waals surface area (Å²) >= 11 is 0. The summed E-state index contributed by atoms with van der Waals surface area (Å²) in [4.78, 5) is 10.4. The molecule has 1 rings (SSSR count). The van der Waals surface area contributed by atoms with Crippen molar-refractivity contribution < 1.29 is 4.79 Å². The Balaban J connectivity index is 2.64. The van der Waals surface area contributed by atoms with Gasteiger partial charge in [0.15, 0.2) is 5.78 Å². The number of carbonyl (C=O) groups is 1. The summed E-state index contributed by atoms with van der Waals surface area (Å²) in [5, 5.41) is 9.71. The summed E-state index contributed by atoms with van der Waals surface area (Å²) in [6, 6.07) is 0. The number of hydrogen-bond donors (Lipinski definition) is 1. The fourth-order valence-corrected chi connectivity index (χ4v) is 0.494. The zero-order valence-electron chi connectivity index (χ0n) is 5.53. The molecule has 0 aliphatic rings. The number of aromatic nitrogens is 3.